The zero-order chi connectivity index (χ0) is 23.5. The number of thiophene rings is 1. The smallest absolute Gasteiger partial charge is 0.416 e. The van der Waals surface area contributed by atoms with Gasteiger partial charge in [0.25, 0.3) is 0 Å². The van der Waals surface area contributed by atoms with E-state index in [9.17, 15) is 23.1 Å². The molecule has 4 N–H and O–H groups in total. The summed E-state index contributed by atoms with van der Waals surface area (Å²) < 4.78 is 38.2. The largest absolute Gasteiger partial charge is 0.506 e. The summed E-state index contributed by atoms with van der Waals surface area (Å²) in [7, 11) is 0. The topological polar surface area (TPSA) is 94.0 Å². The van der Waals surface area contributed by atoms with Crippen molar-refractivity contribution in [1.29, 1.82) is 0 Å². The van der Waals surface area contributed by atoms with Crippen LogP contribution in [-0.2, 0) is 6.18 Å². The van der Waals surface area contributed by atoms with Gasteiger partial charge in [-0.15, -0.1) is 11.3 Å². The van der Waals surface area contributed by atoms with E-state index in [1.54, 1.807) is 24.4 Å². The van der Waals surface area contributed by atoms with Crippen LogP contribution in [0.15, 0.2) is 59.0 Å². The van der Waals surface area contributed by atoms with Crippen LogP contribution in [0, 0.1) is 0 Å². The molecule has 0 amide bonds. The molecule has 0 radical (unpaired) electrons. The summed E-state index contributed by atoms with van der Waals surface area (Å²) in [5, 5.41) is 28.2. The molecule has 2 aromatic carbocycles. The highest BCUT2D eigenvalue weighted by Crippen LogP contribution is 2.39. The van der Waals surface area contributed by atoms with Gasteiger partial charge in [0.1, 0.15) is 5.75 Å². The summed E-state index contributed by atoms with van der Waals surface area (Å²) >= 11 is 6.32. The maximum atomic E-state index is 12.7. The number of nitrogens with one attached hydrogen (secondary N) is 2. The molecule has 3 aromatic rings. The van der Waals surface area contributed by atoms with Crippen molar-refractivity contribution in [3.8, 4) is 16.2 Å². The number of halogens is 3. The number of benzene rings is 2. The molecule has 3 rings (SSSR count). The molecule has 0 aliphatic heterocycles. The Morgan fingerprint density at radius 2 is 1.72 bits per heavy atom. The third-order valence-electron chi connectivity index (χ3n) is 4.34. The highest BCUT2D eigenvalue weighted by molar-refractivity contribution is 7.80. The second-order valence-electron chi connectivity index (χ2n) is 6.55. The van der Waals surface area contributed by atoms with Crippen molar-refractivity contribution in [2.45, 2.75) is 13.1 Å². The molecular weight excluding hydrogens is 463 g/mol. The van der Waals surface area contributed by atoms with Crippen LogP contribution in [0.2, 0.25) is 0 Å². The number of carbonyl (C=O) groups is 1. The fourth-order valence-corrected chi connectivity index (χ4v) is 3.85. The zero-order valence-corrected chi connectivity index (χ0v) is 18.0. The van der Waals surface area contributed by atoms with Gasteiger partial charge < -0.3 is 15.5 Å². The number of hydrogen-bond acceptors (Lipinski definition) is 5. The number of aromatic carboxylic acids is 1. The number of anilines is 1. The van der Waals surface area contributed by atoms with Crippen molar-refractivity contribution < 1.29 is 28.2 Å². The summed E-state index contributed by atoms with van der Waals surface area (Å²) in [6.07, 6.45) is -4.43. The average molecular weight is 480 g/mol. The number of aromatic hydroxyl groups is 1. The van der Waals surface area contributed by atoms with E-state index in [0.717, 1.165) is 12.1 Å². The molecule has 0 aliphatic rings. The van der Waals surface area contributed by atoms with Gasteiger partial charge in [-0.05, 0) is 61.1 Å². The first-order chi connectivity index (χ1) is 15.1. The average Bonchev–Trinajstić information content (AvgIpc) is 3.13. The maximum absolute atomic E-state index is 12.7. The predicted octanol–water partition coefficient (Wildman–Crippen LogP) is 5.55. The fraction of sp³-hybridized carbons (Fsp3) is 0.0952. The Bertz CT molecular complexity index is 1170. The number of carboxylic acids is 1. The summed E-state index contributed by atoms with van der Waals surface area (Å²) in [6.45, 7) is 1.63. The molecule has 1 aromatic heterocycles. The van der Waals surface area contributed by atoms with Gasteiger partial charge in [0.2, 0.25) is 0 Å². The van der Waals surface area contributed by atoms with E-state index in [0.29, 0.717) is 27.4 Å². The quantitative estimate of drug-likeness (QED) is 0.218. The Kier molecular flexibility index (Phi) is 6.80. The first-order valence-electron chi connectivity index (χ1n) is 8.99. The van der Waals surface area contributed by atoms with Gasteiger partial charge in [0, 0.05) is 11.1 Å². The molecule has 0 fully saturated rings. The van der Waals surface area contributed by atoms with E-state index in [4.69, 9.17) is 17.3 Å². The van der Waals surface area contributed by atoms with Crippen molar-refractivity contribution in [2.75, 3.05) is 5.32 Å². The van der Waals surface area contributed by atoms with Gasteiger partial charge in [-0.2, -0.15) is 18.3 Å². The Morgan fingerprint density at radius 3 is 2.28 bits per heavy atom. The second-order valence-corrected chi connectivity index (χ2v) is 7.84. The molecule has 166 valence electrons. The van der Waals surface area contributed by atoms with Crippen LogP contribution in [-0.4, -0.2) is 27.0 Å². The molecule has 0 saturated carbocycles. The van der Waals surface area contributed by atoms with Crippen LogP contribution in [0.1, 0.15) is 28.4 Å². The molecule has 0 saturated heterocycles. The first-order valence-corrected chi connectivity index (χ1v) is 10.3. The van der Waals surface area contributed by atoms with E-state index in [1.165, 1.54) is 35.6 Å². The number of nitrogens with zero attached hydrogens (tertiary/aromatic N) is 1. The summed E-state index contributed by atoms with van der Waals surface area (Å²) in [6, 6.07) is 10.5. The number of hydrazone groups is 1. The van der Waals surface area contributed by atoms with Gasteiger partial charge >= 0.3 is 12.1 Å². The van der Waals surface area contributed by atoms with Gasteiger partial charge in [0.05, 0.1) is 27.3 Å². The lowest BCUT2D eigenvalue weighted by Gasteiger charge is -2.08. The molecule has 0 atom stereocenters. The van der Waals surface area contributed by atoms with Crippen molar-refractivity contribution in [1.82, 2.24) is 5.43 Å². The standard InChI is InChI=1S/C21H16F3N3O3S2/c1-11(26-27-20(31)25-15-8-4-13(5-9-15)19(29)30)16-10-32-18(17(16)28)12-2-6-14(7-3-12)21(22,23)24/h2-10,28H,1H3,(H,29,30)(H2,25,27,31)/b26-11-. The van der Waals surface area contributed by atoms with Crippen molar-refractivity contribution in [3.05, 3.63) is 70.6 Å². The summed E-state index contributed by atoms with van der Waals surface area (Å²) in [4.78, 5) is 11.3. The third-order valence-corrected chi connectivity index (χ3v) is 5.56. The highest BCUT2D eigenvalue weighted by atomic mass is 32.1. The molecule has 1 heterocycles. The summed E-state index contributed by atoms with van der Waals surface area (Å²) in [5.41, 5.74) is 3.83. The highest BCUT2D eigenvalue weighted by Gasteiger charge is 2.30. The molecule has 0 spiro atoms. The lowest BCUT2D eigenvalue weighted by Crippen LogP contribution is -2.24. The molecule has 0 unspecified atom stereocenters. The van der Waals surface area contributed by atoms with Crippen LogP contribution in [0.5, 0.6) is 5.75 Å². The normalized spacial score (nSPS) is 11.8. The van der Waals surface area contributed by atoms with Crippen LogP contribution in [0.4, 0.5) is 18.9 Å². The monoisotopic (exact) mass is 479 g/mol. The van der Waals surface area contributed by atoms with E-state index in [-0.39, 0.29) is 16.4 Å². The van der Waals surface area contributed by atoms with Crippen LogP contribution in [0.3, 0.4) is 0 Å². The minimum atomic E-state index is -4.43. The van der Waals surface area contributed by atoms with Crippen molar-refractivity contribution in [3.63, 3.8) is 0 Å². The second kappa shape index (κ2) is 9.37. The molecule has 0 aliphatic carbocycles. The van der Waals surface area contributed by atoms with Gasteiger partial charge in [-0.25, -0.2) is 4.79 Å². The fourth-order valence-electron chi connectivity index (χ4n) is 2.67. The van der Waals surface area contributed by atoms with Crippen LogP contribution >= 0.6 is 23.6 Å². The minimum Gasteiger partial charge on any atom is -0.506 e. The van der Waals surface area contributed by atoms with Gasteiger partial charge in [0.15, 0.2) is 5.11 Å². The molecule has 11 heteroatoms. The van der Waals surface area contributed by atoms with Crippen LogP contribution in [0.25, 0.3) is 10.4 Å². The van der Waals surface area contributed by atoms with Crippen LogP contribution < -0.4 is 10.7 Å². The zero-order valence-electron chi connectivity index (χ0n) is 16.4. The number of rotatable bonds is 5. The van der Waals surface area contributed by atoms with E-state index < -0.39 is 17.7 Å². The van der Waals surface area contributed by atoms with Gasteiger partial charge in [-0.3, -0.25) is 5.43 Å². The number of thiocarbonyl (C=S) groups is 1. The SMILES string of the molecule is C/C(=N/NC(=S)Nc1ccc(C(=O)O)cc1)c1csc(-c2ccc(C(F)(F)F)cc2)c1O. The number of alkyl halides is 3. The third kappa shape index (κ3) is 5.42. The van der Waals surface area contributed by atoms with Gasteiger partial charge in [-0.1, -0.05) is 12.1 Å². The predicted molar refractivity (Wildman–Crippen MR) is 121 cm³/mol. The Morgan fingerprint density at radius 1 is 1.09 bits per heavy atom. The molecule has 32 heavy (non-hydrogen) atoms. The maximum Gasteiger partial charge on any atom is 0.416 e. The Labute approximate surface area is 190 Å². The molecule has 0 bridgehead atoms. The summed E-state index contributed by atoms with van der Waals surface area (Å²) in [5.74, 6) is -1.13. The Hall–Kier alpha value is -3.44. The number of carboxylic acid groups (broad SMARTS) is 1. The number of hydrogen-bond donors (Lipinski definition) is 4. The molecule has 6 nitrogen and oxygen atoms in total. The Balaban J connectivity index is 1.68. The van der Waals surface area contributed by atoms with E-state index in [1.807, 2.05) is 0 Å². The molecular formula is C21H16F3N3O3S2. The van der Waals surface area contributed by atoms with E-state index in [2.05, 4.69) is 15.8 Å². The first kappa shape index (κ1) is 23.2. The van der Waals surface area contributed by atoms with Crippen molar-refractivity contribution >= 4 is 46.0 Å². The van der Waals surface area contributed by atoms with Crippen molar-refractivity contribution in [2.24, 2.45) is 5.10 Å². The minimum absolute atomic E-state index is 0.0963. The lowest BCUT2D eigenvalue weighted by molar-refractivity contribution is -0.137. The van der Waals surface area contributed by atoms with E-state index >= 15 is 0 Å². The lowest BCUT2D eigenvalue weighted by atomic mass is 10.1.